The van der Waals surface area contributed by atoms with Gasteiger partial charge in [-0.05, 0) is 30.0 Å². The predicted octanol–water partition coefficient (Wildman–Crippen LogP) is 2.30. The number of rotatable bonds is 5. The Hall–Kier alpha value is -1.60. The van der Waals surface area contributed by atoms with Crippen molar-refractivity contribution in [3.05, 3.63) is 46.5 Å². The third-order valence-electron chi connectivity index (χ3n) is 3.75. The molecule has 22 heavy (non-hydrogen) atoms. The Bertz CT molecular complexity index is 683. The van der Waals surface area contributed by atoms with Crippen molar-refractivity contribution in [1.29, 1.82) is 0 Å². The highest BCUT2D eigenvalue weighted by Crippen LogP contribution is 2.24. The van der Waals surface area contributed by atoms with E-state index in [1.807, 2.05) is 23.6 Å². The number of hydrogen-bond acceptors (Lipinski definition) is 5. The number of amides is 1. The van der Waals surface area contributed by atoms with Gasteiger partial charge in [-0.25, -0.2) is 8.42 Å². The van der Waals surface area contributed by atoms with E-state index in [1.165, 1.54) is 0 Å². The van der Waals surface area contributed by atoms with Crippen LogP contribution in [0.5, 0.6) is 0 Å². The van der Waals surface area contributed by atoms with Crippen molar-refractivity contribution in [2.45, 2.75) is 19.5 Å². The normalized spacial score (nSPS) is 20.1. The van der Waals surface area contributed by atoms with Gasteiger partial charge in [-0.1, -0.05) is 6.07 Å². The van der Waals surface area contributed by atoms with Gasteiger partial charge in [0.15, 0.2) is 9.84 Å². The van der Waals surface area contributed by atoms with E-state index in [2.05, 4.69) is 0 Å². The highest BCUT2D eigenvalue weighted by Gasteiger charge is 2.35. The zero-order valence-corrected chi connectivity index (χ0v) is 13.6. The van der Waals surface area contributed by atoms with Gasteiger partial charge in [0.25, 0.3) is 0 Å². The summed E-state index contributed by atoms with van der Waals surface area (Å²) in [5.41, 5.74) is 0. The lowest BCUT2D eigenvalue weighted by molar-refractivity contribution is -0.136. The van der Waals surface area contributed by atoms with Gasteiger partial charge in [0.1, 0.15) is 5.76 Å². The summed E-state index contributed by atoms with van der Waals surface area (Å²) < 4.78 is 28.6. The van der Waals surface area contributed by atoms with Crippen LogP contribution in [0.4, 0.5) is 0 Å². The second-order valence-electron chi connectivity index (χ2n) is 5.45. The van der Waals surface area contributed by atoms with E-state index in [-0.39, 0.29) is 17.4 Å². The highest BCUT2D eigenvalue weighted by molar-refractivity contribution is 7.91. The summed E-state index contributed by atoms with van der Waals surface area (Å²) in [6.45, 7) is 0.841. The molecule has 7 heteroatoms. The molecule has 1 amide bonds. The van der Waals surface area contributed by atoms with Gasteiger partial charge >= 0.3 is 0 Å². The molecular formula is C15H17NO4S2. The molecule has 3 rings (SSSR count). The second-order valence-corrected chi connectivity index (χ2v) is 8.71. The number of hydrogen-bond donors (Lipinski definition) is 0. The molecule has 0 bridgehead atoms. The molecule has 0 aromatic carbocycles. The van der Waals surface area contributed by atoms with Gasteiger partial charge in [0, 0.05) is 4.88 Å². The minimum atomic E-state index is -3.07. The summed E-state index contributed by atoms with van der Waals surface area (Å²) in [6.07, 6.45) is 1.99. The summed E-state index contributed by atoms with van der Waals surface area (Å²) >= 11 is 1.58. The minimum absolute atomic E-state index is 0.0368. The zero-order chi connectivity index (χ0) is 15.6. The molecule has 1 atom stereocenters. The largest absolute Gasteiger partial charge is 0.467 e. The lowest BCUT2D eigenvalue weighted by Gasteiger charge is -2.24. The fourth-order valence-corrected chi connectivity index (χ4v) is 5.09. The average Bonchev–Trinajstić information content (AvgIpc) is 3.19. The molecule has 0 spiro atoms. The first-order valence-corrected chi connectivity index (χ1v) is 9.77. The summed E-state index contributed by atoms with van der Waals surface area (Å²) in [5.74, 6) is 0.235. The number of carbonyl (C=O) groups is 1. The summed E-state index contributed by atoms with van der Waals surface area (Å²) in [4.78, 5) is 15.5. The molecule has 5 nitrogen and oxygen atoms in total. The summed E-state index contributed by atoms with van der Waals surface area (Å²) in [6, 6.07) is 7.51. The molecule has 1 fully saturated rings. The van der Waals surface area contributed by atoms with Crippen LogP contribution in [0.1, 0.15) is 17.1 Å². The molecule has 2 aromatic rings. The Morgan fingerprint density at radius 3 is 2.77 bits per heavy atom. The maximum Gasteiger partial charge on any atom is 0.227 e. The van der Waals surface area contributed by atoms with Crippen LogP contribution in [-0.4, -0.2) is 30.7 Å². The van der Waals surface area contributed by atoms with Crippen molar-refractivity contribution < 1.29 is 17.6 Å². The van der Waals surface area contributed by atoms with Gasteiger partial charge in [-0.15, -0.1) is 11.3 Å². The van der Waals surface area contributed by atoms with Crippen LogP contribution in [0.25, 0.3) is 0 Å². The predicted molar refractivity (Wildman–Crippen MR) is 84.0 cm³/mol. The maximum absolute atomic E-state index is 12.7. The molecule has 0 radical (unpaired) electrons. The average molecular weight is 339 g/mol. The van der Waals surface area contributed by atoms with Crippen LogP contribution in [0.2, 0.25) is 0 Å². The van der Waals surface area contributed by atoms with E-state index in [0.717, 1.165) is 4.88 Å². The standard InChI is InChI=1S/C15H17NO4S2/c17-15(12-5-8-22(18,19)11-12)16(9-13-3-1-6-20-13)10-14-4-2-7-21-14/h1-4,6-7,12H,5,8-11H2. The molecule has 1 unspecified atom stereocenters. The smallest absolute Gasteiger partial charge is 0.227 e. The SMILES string of the molecule is O=C(C1CCS(=O)(=O)C1)N(Cc1ccco1)Cc1cccs1. The number of thiophene rings is 1. The van der Waals surface area contributed by atoms with Crippen LogP contribution >= 0.6 is 11.3 Å². The van der Waals surface area contributed by atoms with E-state index < -0.39 is 15.8 Å². The zero-order valence-electron chi connectivity index (χ0n) is 12.0. The van der Waals surface area contributed by atoms with Crippen LogP contribution in [0.3, 0.4) is 0 Å². The topological polar surface area (TPSA) is 67.6 Å². The fraction of sp³-hybridized carbons (Fsp3) is 0.400. The fourth-order valence-electron chi connectivity index (χ4n) is 2.64. The van der Waals surface area contributed by atoms with Crippen molar-refractivity contribution in [1.82, 2.24) is 4.90 Å². The van der Waals surface area contributed by atoms with Crippen LogP contribution in [0, 0.1) is 5.92 Å². The lowest BCUT2D eigenvalue weighted by atomic mass is 10.1. The monoisotopic (exact) mass is 339 g/mol. The van der Waals surface area contributed by atoms with E-state index >= 15 is 0 Å². The molecule has 0 N–H and O–H groups in total. The van der Waals surface area contributed by atoms with Crippen LogP contribution < -0.4 is 0 Å². The summed E-state index contributed by atoms with van der Waals surface area (Å²) in [5, 5.41) is 1.96. The Balaban J connectivity index is 1.76. The first-order valence-electron chi connectivity index (χ1n) is 7.07. The molecule has 0 saturated carbocycles. The van der Waals surface area contributed by atoms with Gasteiger partial charge in [-0.2, -0.15) is 0 Å². The number of furan rings is 1. The number of carbonyl (C=O) groups excluding carboxylic acids is 1. The van der Waals surface area contributed by atoms with Gasteiger partial charge in [0.05, 0.1) is 36.8 Å². The molecule has 118 valence electrons. The summed E-state index contributed by atoms with van der Waals surface area (Å²) in [7, 11) is -3.07. The molecule has 3 heterocycles. The molecule has 2 aromatic heterocycles. The first kappa shape index (κ1) is 15.3. The Morgan fingerprint density at radius 1 is 1.32 bits per heavy atom. The van der Waals surface area contributed by atoms with Gasteiger partial charge in [-0.3, -0.25) is 4.79 Å². The molecular weight excluding hydrogens is 322 g/mol. The van der Waals surface area contributed by atoms with Crippen LogP contribution in [0.15, 0.2) is 40.3 Å². The molecule has 1 aliphatic heterocycles. The molecule has 1 aliphatic rings. The molecule has 1 saturated heterocycles. The Labute approximate surface area is 133 Å². The number of sulfone groups is 1. The van der Waals surface area contributed by atoms with Crippen LogP contribution in [-0.2, 0) is 27.7 Å². The van der Waals surface area contributed by atoms with Crippen molar-refractivity contribution in [2.75, 3.05) is 11.5 Å². The van der Waals surface area contributed by atoms with Gasteiger partial charge in [0.2, 0.25) is 5.91 Å². The van der Waals surface area contributed by atoms with Gasteiger partial charge < -0.3 is 9.32 Å². The van der Waals surface area contributed by atoms with E-state index in [0.29, 0.717) is 25.3 Å². The van der Waals surface area contributed by atoms with E-state index in [1.54, 1.807) is 28.6 Å². The van der Waals surface area contributed by atoms with Crippen molar-refractivity contribution in [3.63, 3.8) is 0 Å². The van der Waals surface area contributed by atoms with Crippen molar-refractivity contribution in [2.24, 2.45) is 5.92 Å². The third kappa shape index (κ3) is 3.59. The minimum Gasteiger partial charge on any atom is -0.467 e. The number of nitrogens with zero attached hydrogens (tertiary/aromatic N) is 1. The second kappa shape index (κ2) is 6.26. The van der Waals surface area contributed by atoms with E-state index in [9.17, 15) is 13.2 Å². The van der Waals surface area contributed by atoms with E-state index in [4.69, 9.17) is 4.42 Å². The first-order chi connectivity index (χ1) is 10.5. The maximum atomic E-state index is 12.7. The van der Waals surface area contributed by atoms with Crippen molar-refractivity contribution >= 4 is 27.1 Å². The van der Waals surface area contributed by atoms with Crippen molar-refractivity contribution in [3.8, 4) is 0 Å². The Morgan fingerprint density at radius 2 is 2.18 bits per heavy atom. The highest BCUT2D eigenvalue weighted by atomic mass is 32.2. The molecule has 0 aliphatic carbocycles. The Kier molecular flexibility index (Phi) is 4.35. The third-order valence-corrected chi connectivity index (χ3v) is 6.38. The quantitative estimate of drug-likeness (QED) is 0.838. The lowest BCUT2D eigenvalue weighted by Crippen LogP contribution is -2.35.